The Morgan fingerprint density at radius 3 is 2.68 bits per heavy atom. The number of nitro benzene ring substituents is 1. The predicted molar refractivity (Wildman–Crippen MR) is 70.1 cm³/mol. The molecule has 0 aliphatic carbocycles. The highest BCUT2D eigenvalue weighted by Gasteiger charge is 2.10. The molecule has 0 saturated carbocycles. The van der Waals surface area contributed by atoms with E-state index in [1.165, 1.54) is 0 Å². The first-order valence-corrected chi connectivity index (χ1v) is 6.01. The Labute approximate surface area is 114 Å². The summed E-state index contributed by atoms with van der Waals surface area (Å²) in [5.41, 5.74) is -0.300. The van der Waals surface area contributed by atoms with Gasteiger partial charge < -0.3 is 15.2 Å². The molecule has 0 amide bonds. The highest BCUT2D eigenvalue weighted by Crippen LogP contribution is 2.35. The molecule has 1 aromatic heterocycles. The van der Waals surface area contributed by atoms with E-state index in [1.54, 1.807) is 0 Å². The van der Waals surface area contributed by atoms with E-state index in [2.05, 4.69) is 15.2 Å². The van der Waals surface area contributed by atoms with Crippen LogP contribution >= 0.6 is 23.6 Å². The van der Waals surface area contributed by atoms with Crippen LogP contribution in [0.25, 0.3) is 0 Å². The molecule has 2 rings (SSSR count). The van der Waals surface area contributed by atoms with Gasteiger partial charge in [-0.15, -0.1) is 10.2 Å². The third-order valence-electron chi connectivity index (χ3n) is 2.03. The van der Waals surface area contributed by atoms with Crippen molar-refractivity contribution in [3.63, 3.8) is 0 Å². The molecule has 98 valence electrons. The van der Waals surface area contributed by atoms with Crippen molar-refractivity contribution in [2.24, 2.45) is 10.2 Å². The number of nitrogens with zero attached hydrogens (tertiary/aromatic N) is 3. The number of benzene rings is 1. The molecule has 0 bridgehead atoms. The largest absolute Gasteiger partial charge is 0.506 e. The average molecular weight is 298 g/mol. The molecule has 0 spiro atoms. The van der Waals surface area contributed by atoms with Gasteiger partial charge in [0.05, 0.1) is 4.92 Å². The second-order valence-corrected chi connectivity index (χ2v) is 4.96. The van der Waals surface area contributed by atoms with Crippen LogP contribution in [0.15, 0.2) is 28.4 Å². The van der Waals surface area contributed by atoms with Crippen LogP contribution in [0.2, 0.25) is 0 Å². The number of aromatic hydroxyl groups is 2. The average Bonchev–Trinajstić information content (AvgIpc) is 2.66. The van der Waals surface area contributed by atoms with E-state index in [9.17, 15) is 20.3 Å². The summed E-state index contributed by atoms with van der Waals surface area (Å²) in [5.74, 6) is -0.503. The lowest BCUT2D eigenvalue weighted by atomic mass is 10.2. The monoisotopic (exact) mass is 298 g/mol. The minimum absolute atomic E-state index is 0.0760. The molecule has 1 aromatic carbocycles. The van der Waals surface area contributed by atoms with Crippen molar-refractivity contribution in [3.05, 3.63) is 32.3 Å². The van der Waals surface area contributed by atoms with Crippen molar-refractivity contribution in [3.8, 4) is 11.6 Å². The zero-order valence-electron chi connectivity index (χ0n) is 9.10. The third-order valence-corrected chi connectivity index (χ3v) is 3.14. The van der Waals surface area contributed by atoms with Gasteiger partial charge in [-0.05, 0) is 18.3 Å². The number of azo groups is 1. The highest BCUT2D eigenvalue weighted by molar-refractivity contribution is 7.73. The molecular formula is C9H6N4O4S2. The Morgan fingerprint density at radius 1 is 1.37 bits per heavy atom. The number of H-pyrrole nitrogens is 1. The van der Waals surface area contributed by atoms with Crippen molar-refractivity contribution >= 4 is 39.9 Å². The zero-order chi connectivity index (χ0) is 14.0. The van der Waals surface area contributed by atoms with Gasteiger partial charge in [-0.3, -0.25) is 10.1 Å². The van der Waals surface area contributed by atoms with Crippen LogP contribution in [0.3, 0.4) is 0 Å². The maximum Gasteiger partial charge on any atom is 0.271 e. The minimum atomic E-state index is -0.615. The van der Waals surface area contributed by atoms with Crippen LogP contribution in [0.1, 0.15) is 0 Å². The number of nitrogens with one attached hydrogen (secondary N) is 1. The molecule has 2 aromatic rings. The minimum Gasteiger partial charge on any atom is -0.506 e. The summed E-state index contributed by atoms with van der Waals surface area (Å²) in [6.07, 6.45) is 0. The number of aromatic amines is 1. The Balaban J connectivity index is 2.37. The van der Waals surface area contributed by atoms with Gasteiger partial charge in [0.25, 0.3) is 5.69 Å². The lowest BCUT2D eigenvalue weighted by Crippen LogP contribution is -1.86. The second-order valence-electron chi connectivity index (χ2n) is 3.30. The molecule has 0 aliphatic rings. The molecular weight excluding hydrogens is 292 g/mol. The van der Waals surface area contributed by atoms with Crippen molar-refractivity contribution < 1.29 is 15.1 Å². The van der Waals surface area contributed by atoms with Gasteiger partial charge in [-0.25, -0.2) is 0 Å². The zero-order valence-corrected chi connectivity index (χ0v) is 10.7. The molecule has 19 heavy (non-hydrogen) atoms. The molecule has 0 saturated heterocycles. The molecule has 0 atom stereocenters. The Hall–Kier alpha value is -2.33. The fourth-order valence-corrected chi connectivity index (χ4v) is 2.07. The van der Waals surface area contributed by atoms with Gasteiger partial charge in [0.1, 0.15) is 11.4 Å². The molecule has 0 fully saturated rings. The molecule has 1 heterocycles. The van der Waals surface area contributed by atoms with Crippen LogP contribution in [-0.2, 0) is 0 Å². The van der Waals surface area contributed by atoms with Gasteiger partial charge in [0.15, 0.2) is 3.95 Å². The molecule has 0 radical (unpaired) electrons. The van der Waals surface area contributed by atoms with Crippen LogP contribution in [0, 0.1) is 14.1 Å². The topological polar surface area (TPSA) is 124 Å². The first-order valence-electron chi connectivity index (χ1n) is 4.78. The summed E-state index contributed by atoms with van der Waals surface area (Å²) >= 11 is 5.78. The maximum absolute atomic E-state index is 10.6. The number of non-ortho nitro benzene ring substituents is 1. The van der Waals surface area contributed by atoms with Crippen molar-refractivity contribution in [1.82, 2.24) is 4.98 Å². The number of hydrogen-bond acceptors (Lipinski definition) is 8. The first-order chi connectivity index (χ1) is 8.97. The van der Waals surface area contributed by atoms with Crippen molar-refractivity contribution in [2.45, 2.75) is 0 Å². The predicted octanol–water partition coefficient (Wildman–Crippen LogP) is 3.54. The van der Waals surface area contributed by atoms with Crippen LogP contribution in [0.5, 0.6) is 11.6 Å². The number of rotatable bonds is 3. The summed E-state index contributed by atoms with van der Waals surface area (Å²) in [4.78, 5) is 12.4. The van der Waals surface area contributed by atoms with E-state index in [1.807, 2.05) is 0 Å². The molecule has 10 heteroatoms. The van der Waals surface area contributed by atoms with E-state index >= 15 is 0 Å². The highest BCUT2D eigenvalue weighted by atomic mass is 32.1. The number of phenols is 1. The maximum atomic E-state index is 10.6. The third kappa shape index (κ3) is 2.92. The number of aromatic nitrogens is 1. The lowest BCUT2D eigenvalue weighted by molar-refractivity contribution is -0.384. The van der Waals surface area contributed by atoms with Gasteiger partial charge in [-0.1, -0.05) is 11.3 Å². The smallest absolute Gasteiger partial charge is 0.271 e. The van der Waals surface area contributed by atoms with Gasteiger partial charge in [0.2, 0.25) is 10.9 Å². The SMILES string of the molecule is O=[N+]([O-])c1ccc(O)c(N=Nc2sc(=S)[nH]c2O)c1. The second kappa shape index (κ2) is 5.12. The number of phenolic OH excluding ortho intramolecular Hbond substituents is 1. The first kappa shape index (κ1) is 13.1. The summed E-state index contributed by atoms with van der Waals surface area (Å²) in [6.45, 7) is 0. The summed E-state index contributed by atoms with van der Waals surface area (Å²) < 4.78 is 0.315. The Bertz CT molecular complexity index is 721. The summed E-state index contributed by atoms with van der Waals surface area (Å²) in [5, 5.41) is 36.9. The van der Waals surface area contributed by atoms with Crippen LogP contribution in [-0.4, -0.2) is 20.1 Å². The normalized spacial score (nSPS) is 10.9. The Morgan fingerprint density at radius 2 is 2.11 bits per heavy atom. The summed E-state index contributed by atoms with van der Waals surface area (Å²) in [6, 6.07) is 3.36. The van der Waals surface area contributed by atoms with E-state index in [4.69, 9.17) is 12.2 Å². The van der Waals surface area contributed by atoms with Crippen molar-refractivity contribution in [2.75, 3.05) is 0 Å². The number of thiazole rings is 1. The lowest BCUT2D eigenvalue weighted by Gasteiger charge is -1.97. The van der Waals surface area contributed by atoms with Gasteiger partial charge in [-0.2, -0.15) is 0 Å². The fourth-order valence-electron chi connectivity index (χ4n) is 1.18. The standard InChI is InChI=1S/C9H6N4O4S2/c14-6-2-1-4(13(16)17)3-5(6)11-12-8-7(15)10-9(18)19-8/h1-3,14-15H,(H,10,18). The Kier molecular flexibility index (Phi) is 3.53. The van der Waals surface area contributed by atoms with Crippen molar-refractivity contribution in [1.29, 1.82) is 0 Å². The van der Waals surface area contributed by atoms with E-state index < -0.39 is 4.92 Å². The molecule has 8 nitrogen and oxygen atoms in total. The quantitative estimate of drug-likeness (QED) is 0.346. The fraction of sp³-hybridized carbons (Fsp3) is 0. The van der Waals surface area contributed by atoms with Gasteiger partial charge in [0, 0.05) is 12.1 Å². The molecule has 3 N–H and O–H groups in total. The molecule has 0 aliphatic heterocycles. The van der Waals surface area contributed by atoms with Crippen LogP contribution in [0.4, 0.5) is 16.4 Å². The van der Waals surface area contributed by atoms with Gasteiger partial charge >= 0.3 is 0 Å². The van der Waals surface area contributed by atoms with E-state index in [0.717, 1.165) is 29.5 Å². The number of nitro groups is 1. The van der Waals surface area contributed by atoms with Crippen LogP contribution < -0.4 is 0 Å². The molecule has 0 unspecified atom stereocenters. The van der Waals surface area contributed by atoms with E-state index in [0.29, 0.717) is 3.95 Å². The van der Waals surface area contributed by atoms with E-state index in [-0.39, 0.29) is 28.0 Å². The summed E-state index contributed by atoms with van der Waals surface area (Å²) in [7, 11) is 0. The number of hydrogen-bond donors (Lipinski definition) is 3.